The molecule has 0 fully saturated rings. The molecular weight excluding hydrogens is 266 g/mol. The standard InChI is InChI=1S/C12H22BrN3/c1-5-8-16-11(10(13)9-15-16)6-7-14-12(2,3)4/h9,14H,5-8H2,1-4H3. The van der Waals surface area contributed by atoms with Crippen molar-refractivity contribution in [2.45, 2.75) is 52.6 Å². The van der Waals surface area contributed by atoms with E-state index in [1.165, 1.54) is 5.69 Å². The summed E-state index contributed by atoms with van der Waals surface area (Å²) in [5.41, 5.74) is 1.47. The van der Waals surface area contributed by atoms with Gasteiger partial charge in [0.1, 0.15) is 0 Å². The van der Waals surface area contributed by atoms with Crippen LogP contribution in [0.3, 0.4) is 0 Å². The van der Waals surface area contributed by atoms with Gasteiger partial charge in [0.15, 0.2) is 0 Å². The van der Waals surface area contributed by atoms with Crippen molar-refractivity contribution in [2.24, 2.45) is 0 Å². The summed E-state index contributed by atoms with van der Waals surface area (Å²) in [7, 11) is 0. The molecule has 1 rings (SSSR count). The molecule has 0 aliphatic carbocycles. The van der Waals surface area contributed by atoms with Gasteiger partial charge in [0.25, 0.3) is 0 Å². The molecule has 1 aromatic rings. The molecule has 3 nitrogen and oxygen atoms in total. The molecule has 0 unspecified atom stereocenters. The van der Waals surface area contributed by atoms with Gasteiger partial charge in [-0.3, -0.25) is 4.68 Å². The number of nitrogens with zero attached hydrogens (tertiary/aromatic N) is 2. The summed E-state index contributed by atoms with van der Waals surface area (Å²) in [5, 5.41) is 7.86. The number of hydrogen-bond donors (Lipinski definition) is 1. The van der Waals surface area contributed by atoms with Gasteiger partial charge in [-0.15, -0.1) is 0 Å². The Bertz CT molecular complexity index is 325. The van der Waals surface area contributed by atoms with Crippen LogP contribution in [0, 0.1) is 0 Å². The zero-order valence-electron chi connectivity index (χ0n) is 10.7. The highest BCUT2D eigenvalue weighted by atomic mass is 79.9. The van der Waals surface area contributed by atoms with Gasteiger partial charge in [-0.05, 0) is 43.1 Å². The molecule has 1 aromatic heterocycles. The number of halogens is 1. The lowest BCUT2D eigenvalue weighted by molar-refractivity contribution is 0.424. The first-order valence-electron chi connectivity index (χ1n) is 5.89. The molecule has 0 aromatic carbocycles. The zero-order valence-corrected chi connectivity index (χ0v) is 12.3. The van der Waals surface area contributed by atoms with Gasteiger partial charge in [0.05, 0.1) is 16.4 Å². The van der Waals surface area contributed by atoms with E-state index in [-0.39, 0.29) is 5.54 Å². The molecule has 0 saturated carbocycles. The van der Waals surface area contributed by atoms with Crippen LogP contribution in [0.15, 0.2) is 10.7 Å². The Morgan fingerprint density at radius 1 is 1.44 bits per heavy atom. The maximum atomic E-state index is 4.36. The van der Waals surface area contributed by atoms with E-state index in [0.29, 0.717) is 0 Å². The van der Waals surface area contributed by atoms with E-state index in [9.17, 15) is 0 Å². The number of nitrogens with one attached hydrogen (secondary N) is 1. The molecule has 0 bridgehead atoms. The van der Waals surface area contributed by atoms with Crippen LogP contribution in [-0.2, 0) is 13.0 Å². The van der Waals surface area contributed by atoms with Crippen LogP contribution in [0.2, 0.25) is 0 Å². The first-order chi connectivity index (χ1) is 7.44. The van der Waals surface area contributed by atoms with Crippen molar-refractivity contribution in [1.29, 1.82) is 0 Å². The van der Waals surface area contributed by atoms with Crippen molar-refractivity contribution in [3.05, 3.63) is 16.4 Å². The maximum Gasteiger partial charge on any atom is 0.0635 e. The van der Waals surface area contributed by atoms with Crippen molar-refractivity contribution in [2.75, 3.05) is 6.54 Å². The first kappa shape index (κ1) is 13.7. The van der Waals surface area contributed by atoms with Gasteiger partial charge in [-0.2, -0.15) is 5.10 Å². The molecule has 0 radical (unpaired) electrons. The topological polar surface area (TPSA) is 29.9 Å². The van der Waals surface area contributed by atoms with E-state index in [1.807, 2.05) is 6.20 Å². The molecule has 0 aliphatic heterocycles. The summed E-state index contributed by atoms with van der Waals surface area (Å²) in [4.78, 5) is 0. The summed E-state index contributed by atoms with van der Waals surface area (Å²) in [5.74, 6) is 0. The third-order valence-electron chi connectivity index (χ3n) is 2.35. The van der Waals surface area contributed by atoms with Crippen molar-refractivity contribution in [1.82, 2.24) is 15.1 Å². The summed E-state index contributed by atoms with van der Waals surface area (Å²) in [6.07, 6.45) is 4.02. The lowest BCUT2D eigenvalue weighted by Crippen LogP contribution is -2.37. The van der Waals surface area contributed by atoms with Gasteiger partial charge < -0.3 is 5.32 Å². The molecule has 16 heavy (non-hydrogen) atoms. The Labute approximate surface area is 107 Å². The second-order valence-corrected chi connectivity index (χ2v) is 5.94. The smallest absolute Gasteiger partial charge is 0.0635 e. The molecule has 0 atom stereocenters. The van der Waals surface area contributed by atoms with E-state index in [2.05, 4.69) is 58.7 Å². The van der Waals surface area contributed by atoms with E-state index < -0.39 is 0 Å². The average Bonchev–Trinajstić information content (AvgIpc) is 2.48. The number of rotatable bonds is 5. The molecule has 92 valence electrons. The lowest BCUT2D eigenvalue weighted by atomic mass is 10.1. The Hall–Kier alpha value is -0.350. The van der Waals surface area contributed by atoms with Crippen molar-refractivity contribution in [3.8, 4) is 0 Å². The Morgan fingerprint density at radius 3 is 2.69 bits per heavy atom. The second-order valence-electron chi connectivity index (χ2n) is 5.09. The maximum absolute atomic E-state index is 4.36. The van der Waals surface area contributed by atoms with Gasteiger partial charge in [0, 0.05) is 25.0 Å². The van der Waals surface area contributed by atoms with Crippen LogP contribution in [0.5, 0.6) is 0 Å². The monoisotopic (exact) mass is 287 g/mol. The van der Waals surface area contributed by atoms with Crippen LogP contribution in [0.25, 0.3) is 0 Å². The Morgan fingerprint density at radius 2 is 2.12 bits per heavy atom. The fourth-order valence-corrected chi connectivity index (χ4v) is 2.09. The number of aryl methyl sites for hydroxylation is 1. The minimum atomic E-state index is 0.183. The average molecular weight is 288 g/mol. The summed E-state index contributed by atoms with van der Waals surface area (Å²) < 4.78 is 3.21. The second kappa shape index (κ2) is 5.82. The SMILES string of the molecule is CCCn1ncc(Br)c1CCNC(C)(C)C. The Balaban J connectivity index is 2.55. The van der Waals surface area contributed by atoms with Gasteiger partial charge >= 0.3 is 0 Å². The largest absolute Gasteiger partial charge is 0.312 e. The van der Waals surface area contributed by atoms with Crippen molar-refractivity contribution < 1.29 is 0 Å². The van der Waals surface area contributed by atoms with E-state index >= 15 is 0 Å². The molecular formula is C12H22BrN3. The third-order valence-corrected chi connectivity index (χ3v) is 3.01. The normalized spacial score (nSPS) is 12.1. The number of hydrogen-bond acceptors (Lipinski definition) is 2. The minimum absolute atomic E-state index is 0.183. The van der Waals surface area contributed by atoms with Crippen LogP contribution in [-0.4, -0.2) is 21.9 Å². The van der Waals surface area contributed by atoms with Crippen LogP contribution in [0.1, 0.15) is 39.8 Å². The highest BCUT2D eigenvalue weighted by Gasteiger charge is 2.11. The van der Waals surface area contributed by atoms with Crippen LogP contribution >= 0.6 is 15.9 Å². The molecule has 0 aliphatic rings. The van der Waals surface area contributed by atoms with Gasteiger partial charge in [-0.25, -0.2) is 0 Å². The predicted octanol–water partition coefficient (Wildman–Crippen LogP) is 2.99. The van der Waals surface area contributed by atoms with Crippen molar-refractivity contribution >= 4 is 15.9 Å². The molecule has 0 saturated heterocycles. The highest BCUT2D eigenvalue weighted by molar-refractivity contribution is 9.10. The molecule has 1 heterocycles. The molecule has 0 spiro atoms. The van der Waals surface area contributed by atoms with E-state index in [0.717, 1.165) is 30.4 Å². The lowest BCUT2D eigenvalue weighted by Gasteiger charge is -2.20. The molecule has 1 N–H and O–H groups in total. The van der Waals surface area contributed by atoms with Crippen LogP contribution in [0.4, 0.5) is 0 Å². The summed E-state index contributed by atoms with van der Waals surface area (Å²) >= 11 is 3.56. The highest BCUT2D eigenvalue weighted by Crippen LogP contribution is 2.16. The van der Waals surface area contributed by atoms with Gasteiger partial charge in [-0.1, -0.05) is 6.92 Å². The first-order valence-corrected chi connectivity index (χ1v) is 6.68. The van der Waals surface area contributed by atoms with E-state index in [4.69, 9.17) is 0 Å². The third kappa shape index (κ3) is 4.26. The van der Waals surface area contributed by atoms with Crippen molar-refractivity contribution in [3.63, 3.8) is 0 Å². The molecule has 4 heteroatoms. The fraction of sp³-hybridized carbons (Fsp3) is 0.750. The minimum Gasteiger partial charge on any atom is -0.312 e. The Kier molecular flexibility index (Phi) is 4.99. The predicted molar refractivity (Wildman–Crippen MR) is 71.7 cm³/mol. The quantitative estimate of drug-likeness (QED) is 0.902. The molecule has 0 amide bonds. The zero-order chi connectivity index (χ0) is 12.2. The van der Waals surface area contributed by atoms with Crippen LogP contribution < -0.4 is 5.32 Å². The number of aromatic nitrogens is 2. The summed E-state index contributed by atoms with van der Waals surface area (Å²) in [6.45, 7) is 10.7. The fourth-order valence-electron chi connectivity index (χ4n) is 1.60. The van der Waals surface area contributed by atoms with Gasteiger partial charge in [0.2, 0.25) is 0 Å². The summed E-state index contributed by atoms with van der Waals surface area (Å²) in [6, 6.07) is 0. The van der Waals surface area contributed by atoms with E-state index in [1.54, 1.807) is 0 Å².